The second kappa shape index (κ2) is 4.17. The predicted molar refractivity (Wildman–Crippen MR) is 64.0 cm³/mol. The minimum Gasteiger partial charge on any atom is -0.477 e. The van der Waals surface area contributed by atoms with Crippen molar-refractivity contribution < 1.29 is 9.90 Å². The van der Waals surface area contributed by atoms with Crippen LogP contribution in [0.1, 0.15) is 20.9 Å². The van der Waals surface area contributed by atoms with Crippen LogP contribution in [0.2, 0.25) is 19.6 Å². The zero-order valence-corrected chi connectivity index (χ0v) is 11.0. The van der Waals surface area contributed by atoms with E-state index in [4.69, 9.17) is 5.11 Å². The first kappa shape index (κ1) is 11.9. The molecule has 1 N–H and O–H groups in total. The van der Waals surface area contributed by atoms with Gasteiger partial charge in [-0.25, -0.2) is 4.79 Å². The molecule has 5 heteroatoms. The first-order valence-electron chi connectivity index (χ1n) is 4.54. The zero-order chi connectivity index (χ0) is 11.6. The average Bonchev–Trinajstić information content (AvgIpc) is 2.42. The lowest BCUT2D eigenvalue weighted by atomic mass is 10.2. The summed E-state index contributed by atoms with van der Waals surface area (Å²) in [5, 5.41) is 8.92. The number of aromatic nitrogens is 1. The second-order valence-electron chi connectivity index (χ2n) is 4.28. The molecule has 3 nitrogen and oxygen atoms in total. The molecule has 15 heavy (non-hydrogen) atoms. The number of aromatic carboxylic acids is 1. The molecule has 0 atom stereocenters. The summed E-state index contributed by atoms with van der Waals surface area (Å²) in [7, 11) is -1.47. The molecule has 1 rings (SSSR count). The van der Waals surface area contributed by atoms with Crippen molar-refractivity contribution in [2.75, 3.05) is 0 Å². The Balaban J connectivity index is 3.18. The number of carbonyl (C=O) groups is 1. The largest absolute Gasteiger partial charge is 0.477 e. The fraction of sp³-hybridized carbons (Fsp3) is 0.400. The lowest BCUT2D eigenvalue weighted by Gasteiger charge is -2.03. The van der Waals surface area contributed by atoms with E-state index in [0.29, 0.717) is 11.3 Å². The van der Waals surface area contributed by atoms with Gasteiger partial charge < -0.3 is 5.11 Å². The van der Waals surface area contributed by atoms with Crippen LogP contribution in [0.15, 0.2) is 0 Å². The van der Waals surface area contributed by atoms with Crippen molar-refractivity contribution in [3.8, 4) is 11.5 Å². The molecule has 0 unspecified atom stereocenters. The number of rotatable bonds is 1. The van der Waals surface area contributed by atoms with Crippen molar-refractivity contribution in [2.45, 2.75) is 26.6 Å². The highest BCUT2D eigenvalue weighted by atomic mass is 32.1. The monoisotopic (exact) mass is 239 g/mol. The van der Waals surface area contributed by atoms with Crippen molar-refractivity contribution in [2.24, 2.45) is 0 Å². The zero-order valence-electron chi connectivity index (χ0n) is 9.21. The van der Waals surface area contributed by atoms with Gasteiger partial charge in [-0.05, 0) is 18.5 Å². The highest BCUT2D eigenvalue weighted by molar-refractivity contribution is 7.08. The molecular weight excluding hydrogens is 226 g/mol. The third kappa shape index (κ3) is 3.18. The topological polar surface area (TPSA) is 50.2 Å². The Labute approximate surface area is 94.3 Å². The molecule has 1 heterocycles. The van der Waals surface area contributed by atoms with Crippen LogP contribution in [-0.2, 0) is 0 Å². The number of carboxylic acids is 1. The van der Waals surface area contributed by atoms with Crippen LogP contribution in [0.3, 0.4) is 0 Å². The Hall–Kier alpha value is -1.12. The van der Waals surface area contributed by atoms with Gasteiger partial charge in [0.15, 0.2) is 0 Å². The second-order valence-corrected chi connectivity index (χ2v) is 9.80. The minimum absolute atomic E-state index is 0.248. The van der Waals surface area contributed by atoms with Crippen LogP contribution in [0.25, 0.3) is 0 Å². The maximum absolute atomic E-state index is 10.9. The van der Waals surface area contributed by atoms with Crippen molar-refractivity contribution in [3.05, 3.63) is 16.1 Å². The van der Waals surface area contributed by atoms with Gasteiger partial charge in [0.1, 0.15) is 13.0 Å². The molecule has 1 aromatic heterocycles. The van der Waals surface area contributed by atoms with Crippen molar-refractivity contribution >= 4 is 25.6 Å². The van der Waals surface area contributed by atoms with Gasteiger partial charge in [-0.3, -0.25) is 0 Å². The molecule has 80 valence electrons. The standard InChI is InChI=1S/C10H13NO2SSi/c1-7-8(5-6-15(2,3)4)9(10(12)13)14-11-7/h1-4H3,(H,12,13). The fourth-order valence-corrected chi connectivity index (χ4v) is 2.10. The summed E-state index contributed by atoms with van der Waals surface area (Å²) in [6.07, 6.45) is 0. The summed E-state index contributed by atoms with van der Waals surface area (Å²) in [5.74, 6) is 2.02. The van der Waals surface area contributed by atoms with Crippen molar-refractivity contribution in [3.63, 3.8) is 0 Å². The van der Waals surface area contributed by atoms with Gasteiger partial charge in [0.25, 0.3) is 0 Å². The molecule has 0 amide bonds. The number of carboxylic acid groups (broad SMARTS) is 1. The lowest BCUT2D eigenvalue weighted by Crippen LogP contribution is -2.16. The van der Waals surface area contributed by atoms with Crippen LogP contribution < -0.4 is 0 Å². The summed E-state index contributed by atoms with van der Waals surface area (Å²) in [6.45, 7) is 8.15. The van der Waals surface area contributed by atoms with E-state index in [9.17, 15) is 4.79 Å². The molecule has 0 aliphatic rings. The van der Waals surface area contributed by atoms with Crippen molar-refractivity contribution in [1.29, 1.82) is 0 Å². The molecular formula is C10H13NO2SSi. The minimum atomic E-state index is -1.47. The Morgan fingerprint density at radius 2 is 2.07 bits per heavy atom. The third-order valence-corrected chi connectivity index (χ3v) is 3.42. The first-order valence-corrected chi connectivity index (χ1v) is 8.81. The molecule has 0 bridgehead atoms. The van der Waals surface area contributed by atoms with Crippen LogP contribution in [0.4, 0.5) is 0 Å². The summed E-state index contributed by atoms with van der Waals surface area (Å²) in [6, 6.07) is 0. The van der Waals surface area contributed by atoms with E-state index in [0.717, 1.165) is 11.5 Å². The van der Waals surface area contributed by atoms with Gasteiger partial charge in [0.2, 0.25) is 0 Å². The van der Waals surface area contributed by atoms with Crippen LogP contribution in [0, 0.1) is 18.4 Å². The van der Waals surface area contributed by atoms with E-state index >= 15 is 0 Å². The lowest BCUT2D eigenvalue weighted by molar-refractivity contribution is 0.0702. The Morgan fingerprint density at radius 1 is 1.47 bits per heavy atom. The number of hydrogen-bond donors (Lipinski definition) is 1. The molecule has 0 fully saturated rings. The summed E-state index contributed by atoms with van der Waals surface area (Å²) >= 11 is 0.998. The highest BCUT2D eigenvalue weighted by Crippen LogP contribution is 2.17. The number of aryl methyl sites for hydroxylation is 1. The third-order valence-electron chi connectivity index (χ3n) is 1.62. The summed E-state index contributed by atoms with van der Waals surface area (Å²) in [4.78, 5) is 11.1. The maximum Gasteiger partial charge on any atom is 0.348 e. The van der Waals surface area contributed by atoms with Gasteiger partial charge >= 0.3 is 5.97 Å². The molecule has 0 radical (unpaired) electrons. The number of nitrogens with zero attached hydrogens (tertiary/aromatic N) is 1. The molecule has 0 aliphatic carbocycles. The smallest absolute Gasteiger partial charge is 0.348 e. The maximum atomic E-state index is 10.9. The highest BCUT2D eigenvalue weighted by Gasteiger charge is 2.16. The number of hydrogen-bond acceptors (Lipinski definition) is 3. The van der Waals surface area contributed by atoms with Crippen LogP contribution in [0.5, 0.6) is 0 Å². The van der Waals surface area contributed by atoms with E-state index in [1.807, 2.05) is 0 Å². The van der Waals surface area contributed by atoms with Gasteiger partial charge in [-0.1, -0.05) is 25.6 Å². The molecule has 0 aliphatic heterocycles. The fourth-order valence-electron chi connectivity index (χ4n) is 0.913. The molecule has 0 spiro atoms. The van der Waals surface area contributed by atoms with Gasteiger partial charge in [0.05, 0.1) is 11.3 Å². The van der Waals surface area contributed by atoms with Gasteiger partial charge in [0, 0.05) is 0 Å². The summed E-state index contributed by atoms with van der Waals surface area (Å²) in [5.41, 5.74) is 4.44. The normalized spacial score (nSPS) is 10.7. The molecule has 0 aromatic carbocycles. The van der Waals surface area contributed by atoms with Crippen LogP contribution >= 0.6 is 11.5 Å². The first-order chi connectivity index (χ1) is 6.81. The van der Waals surface area contributed by atoms with Gasteiger partial charge in [-0.2, -0.15) is 4.37 Å². The predicted octanol–water partition coefficient (Wildman–Crippen LogP) is 2.38. The van der Waals surface area contributed by atoms with E-state index < -0.39 is 14.0 Å². The van der Waals surface area contributed by atoms with Crippen LogP contribution in [-0.4, -0.2) is 23.5 Å². The molecule has 1 aromatic rings. The Bertz CT molecular complexity index is 448. The Kier molecular flexibility index (Phi) is 3.32. The van der Waals surface area contributed by atoms with E-state index in [1.165, 1.54) is 0 Å². The Morgan fingerprint density at radius 3 is 2.53 bits per heavy atom. The van der Waals surface area contributed by atoms with E-state index in [-0.39, 0.29) is 4.88 Å². The average molecular weight is 239 g/mol. The quantitative estimate of drug-likeness (QED) is 0.604. The van der Waals surface area contributed by atoms with Crippen molar-refractivity contribution in [1.82, 2.24) is 4.37 Å². The molecule has 0 saturated carbocycles. The van der Waals surface area contributed by atoms with Gasteiger partial charge in [-0.15, -0.1) is 5.54 Å². The SMILES string of the molecule is Cc1nsc(C(=O)O)c1C#C[Si](C)(C)C. The van der Waals surface area contributed by atoms with E-state index in [1.54, 1.807) is 6.92 Å². The van der Waals surface area contributed by atoms with E-state index in [2.05, 4.69) is 35.5 Å². The molecule has 0 saturated heterocycles. The summed E-state index contributed by atoms with van der Waals surface area (Å²) < 4.78 is 4.01.